The minimum atomic E-state index is -0.495. The van der Waals surface area contributed by atoms with E-state index in [1.165, 1.54) is 24.3 Å². The molecule has 9 heteroatoms. The number of anilines is 1. The Labute approximate surface area is 146 Å². The topological polar surface area (TPSA) is 99.3 Å². The number of nitrogens with one attached hydrogen (secondary N) is 1. The molecular weight excluding hydrogens is 344 g/mol. The fourth-order valence-electron chi connectivity index (χ4n) is 2.11. The smallest absolute Gasteiger partial charge is 0.269 e. The van der Waals surface area contributed by atoms with Gasteiger partial charge in [0.2, 0.25) is 0 Å². The van der Waals surface area contributed by atoms with Crippen molar-refractivity contribution in [2.24, 2.45) is 0 Å². The van der Waals surface area contributed by atoms with Gasteiger partial charge in [0.1, 0.15) is 11.6 Å². The summed E-state index contributed by atoms with van der Waals surface area (Å²) < 4.78 is 7.02. The highest BCUT2D eigenvalue weighted by Crippen LogP contribution is 2.17. The molecule has 0 atom stereocenters. The lowest BCUT2D eigenvalue weighted by Gasteiger charge is -2.09. The molecule has 25 heavy (non-hydrogen) atoms. The third-order valence-electron chi connectivity index (χ3n) is 3.29. The zero-order chi connectivity index (χ0) is 17.6. The Balaban J connectivity index is 1.54. The van der Waals surface area contributed by atoms with Crippen molar-refractivity contribution in [1.82, 2.24) is 9.78 Å². The Bertz CT molecular complexity index is 859. The molecule has 2 heterocycles. The van der Waals surface area contributed by atoms with Gasteiger partial charge in [0.15, 0.2) is 6.61 Å². The van der Waals surface area contributed by atoms with Gasteiger partial charge < -0.3 is 10.1 Å². The lowest BCUT2D eigenvalue weighted by atomic mass is 10.3. The predicted octanol–water partition coefficient (Wildman–Crippen LogP) is 2.92. The van der Waals surface area contributed by atoms with Gasteiger partial charge in [-0.15, -0.1) is 11.3 Å². The Kier molecular flexibility index (Phi) is 5.05. The van der Waals surface area contributed by atoms with Crippen molar-refractivity contribution in [3.8, 4) is 5.75 Å². The first kappa shape index (κ1) is 16.7. The molecule has 0 aliphatic heterocycles. The van der Waals surface area contributed by atoms with Gasteiger partial charge in [0, 0.05) is 23.1 Å². The monoisotopic (exact) mass is 358 g/mol. The van der Waals surface area contributed by atoms with E-state index in [9.17, 15) is 14.9 Å². The average Bonchev–Trinajstić information content (AvgIpc) is 3.26. The maximum absolute atomic E-state index is 12.0. The van der Waals surface area contributed by atoms with Crippen LogP contribution < -0.4 is 10.1 Å². The lowest BCUT2D eigenvalue weighted by molar-refractivity contribution is -0.384. The van der Waals surface area contributed by atoms with Gasteiger partial charge in [-0.05, 0) is 23.6 Å². The van der Waals surface area contributed by atoms with Gasteiger partial charge in [-0.3, -0.25) is 14.9 Å². The van der Waals surface area contributed by atoms with Crippen LogP contribution in [0.3, 0.4) is 0 Å². The number of nitro groups is 1. The van der Waals surface area contributed by atoms with Crippen LogP contribution in [-0.4, -0.2) is 27.2 Å². The molecule has 1 N–H and O–H groups in total. The number of carbonyl (C=O) groups is 1. The van der Waals surface area contributed by atoms with Crippen LogP contribution in [0.15, 0.2) is 54.0 Å². The van der Waals surface area contributed by atoms with E-state index in [4.69, 9.17) is 4.74 Å². The van der Waals surface area contributed by atoms with Crippen molar-refractivity contribution in [3.05, 3.63) is 69.0 Å². The first-order valence-corrected chi connectivity index (χ1v) is 8.21. The van der Waals surface area contributed by atoms with E-state index in [0.29, 0.717) is 18.1 Å². The van der Waals surface area contributed by atoms with Crippen molar-refractivity contribution in [1.29, 1.82) is 0 Å². The normalized spacial score (nSPS) is 10.4. The van der Waals surface area contributed by atoms with Gasteiger partial charge in [-0.1, -0.05) is 6.07 Å². The first-order chi connectivity index (χ1) is 12.1. The summed E-state index contributed by atoms with van der Waals surface area (Å²) >= 11 is 1.61. The molecule has 8 nitrogen and oxygen atoms in total. The highest BCUT2D eigenvalue weighted by Gasteiger charge is 2.10. The molecule has 1 aromatic carbocycles. The number of benzene rings is 1. The second kappa shape index (κ2) is 7.58. The second-order valence-electron chi connectivity index (χ2n) is 5.04. The second-order valence-corrected chi connectivity index (χ2v) is 6.07. The summed E-state index contributed by atoms with van der Waals surface area (Å²) in [5, 5.41) is 19.5. The van der Waals surface area contributed by atoms with Crippen molar-refractivity contribution >= 4 is 28.7 Å². The molecular formula is C16H14N4O4S. The van der Waals surface area contributed by atoms with E-state index < -0.39 is 4.92 Å². The van der Waals surface area contributed by atoms with Crippen LogP contribution in [0, 0.1) is 10.1 Å². The molecule has 0 radical (unpaired) electrons. The maximum Gasteiger partial charge on any atom is 0.269 e. The number of hydrogen-bond donors (Lipinski definition) is 1. The number of ether oxygens (including phenoxy) is 1. The molecule has 0 fully saturated rings. The minimum absolute atomic E-state index is 0.0331. The van der Waals surface area contributed by atoms with Gasteiger partial charge >= 0.3 is 0 Å². The lowest BCUT2D eigenvalue weighted by Crippen LogP contribution is -2.22. The van der Waals surface area contributed by atoms with Gasteiger partial charge in [-0.2, -0.15) is 5.10 Å². The molecule has 0 saturated heterocycles. The number of amides is 1. The van der Waals surface area contributed by atoms with E-state index in [1.54, 1.807) is 28.3 Å². The van der Waals surface area contributed by atoms with Crippen LogP contribution in [-0.2, 0) is 11.3 Å². The summed E-state index contributed by atoms with van der Waals surface area (Å²) in [6.07, 6.45) is 1.61. The van der Waals surface area contributed by atoms with Crippen molar-refractivity contribution in [2.45, 2.75) is 6.54 Å². The average molecular weight is 358 g/mol. The number of aromatic nitrogens is 2. The largest absolute Gasteiger partial charge is 0.484 e. The summed E-state index contributed by atoms with van der Waals surface area (Å²) in [6, 6.07) is 11.2. The van der Waals surface area contributed by atoms with E-state index in [-0.39, 0.29) is 18.2 Å². The van der Waals surface area contributed by atoms with Crippen LogP contribution in [0.4, 0.5) is 11.5 Å². The quantitative estimate of drug-likeness (QED) is 0.517. The van der Waals surface area contributed by atoms with Gasteiger partial charge in [0.25, 0.3) is 11.6 Å². The highest BCUT2D eigenvalue weighted by atomic mass is 32.1. The Hall–Kier alpha value is -3.20. The third kappa shape index (κ3) is 4.42. The van der Waals surface area contributed by atoms with Crippen molar-refractivity contribution < 1.29 is 14.5 Å². The number of nitro benzene ring substituents is 1. The zero-order valence-corrected chi connectivity index (χ0v) is 13.8. The SMILES string of the molecule is O=C(COc1ccc([N+](=O)[O-])cc1)Nc1ccnn1Cc1cccs1. The summed E-state index contributed by atoms with van der Waals surface area (Å²) in [5.74, 6) is 0.616. The molecule has 0 saturated carbocycles. The molecule has 0 spiro atoms. The zero-order valence-electron chi connectivity index (χ0n) is 13.0. The fourth-order valence-corrected chi connectivity index (χ4v) is 2.79. The summed E-state index contributed by atoms with van der Waals surface area (Å²) in [6.45, 7) is 0.367. The van der Waals surface area contributed by atoms with Crippen LogP contribution >= 0.6 is 11.3 Å². The summed E-state index contributed by atoms with van der Waals surface area (Å²) in [7, 11) is 0. The standard InChI is InChI=1S/C16H14N4O4S/c21-16(11-24-13-5-3-12(4-6-13)20(22)23)18-15-7-8-17-19(15)10-14-2-1-9-25-14/h1-9H,10-11H2,(H,18,21). The number of carbonyl (C=O) groups excluding carboxylic acids is 1. The molecule has 0 unspecified atom stereocenters. The number of thiophene rings is 1. The Morgan fingerprint density at radius 1 is 1.28 bits per heavy atom. The summed E-state index contributed by atoms with van der Waals surface area (Å²) in [4.78, 5) is 23.3. The number of non-ortho nitro benzene ring substituents is 1. The Morgan fingerprint density at radius 3 is 2.76 bits per heavy atom. The van der Waals surface area contributed by atoms with Crippen LogP contribution in [0.2, 0.25) is 0 Å². The molecule has 0 aliphatic carbocycles. The molecule has 0 bridgehead atoms. The van der Waals surface area contributed by atoms with Gasteiger partial charge in [0.05, 0.1) is 17.7 Å². The van der Waals surface area contributed by atoms with E-state index in [1.807, 2.05) is 17.5 Å². The Morgan fingerprint density at radius 2 is 2.08 bits per heavy atom. The number of nitrogens with zero attached hydrogens (tertiary/aromatic N) is 3. The minimum Gasteiger partial charge on any atom is -0.484 e. The molecule has 3 rings (SSSR count). The number of rotatable bonds is 7. The molecule has 0 aliphatic rings. The van der Waals surface area contributed by atoms with Crippen LogP contribution in [0.1, 0.15) is 4.88 Å². The van der Waals surface area contributed by atoms with E-state index in [2.05, 4.69) is 10.4 Å². The molecule has 2 aromatic heterocycles. The number of hydrogen-bond acceptors (Lipinski definition) is 6. The molecule has 128 valence electrons. The van der Waals surface area contributed by atoms with E-state index >= 15 is 0 Å². The van der Waals surface area contributed by atoms with Gasteiger partial charge in [-0.25, -0.2) is 4.68 Å². The molecule has 3 aromatic rings. The third-order valence-corrected chi connectivity index (χ3v) is 4.15. The van der Waals surface area contributed by atoms with Crippen LogP contribution in [0.25, 0.3) is 0 Å². The fraction of sp³-hybridized carbons (Fsp3) is 0.125. The highest BCUT2D eigenvalue weighted by molar-refractivity contribution is 7.09. The summed E-state index contributed by atoms with van der Waals surface area (Å²) in [5.41, 5.74) is -0.0331. The van der Waals surface area contributed by atoms with E-state index in [0.717, 1.165) is 4.88 Å². The maximum atomic E-state index is 12.0. The molecule has 1 amide bonds. The van der Waals surface area contributed by atoms with Crippen molar-refractivity contribution in [2.75, 3.05) is 11.9 Å². The predicted molar refractivity (Wildman–Crippen MR) is 92.9 cm³/mol. The van der Waals surface area contributed by atoms with Crippen LogP contribution in [0.5, 0.6) is 5.75 Å². The van der Waals surface area contributed by atoms with Crippen molar-refractivity contribution in [3.63, 3.8) is 0 Å². The first-order valence-electron chi connectivity index (χ1n) is 7.33.